The standard InChI is InChI=1S/C19H19F4N3S/c1-3-16-25-17(15-7-11(2)27-18(15)26-16)24-6-4-5-12-8-13(19(21,22)23)10-14(20)9-12/h7-10H,3-6H2,1-2H3,(H,24,25,26). The van der Waals surface area contributed by atoms with Crippen LogP contribution >= 0.6 is 11.3 Å². The van der Waals surface area contributed by atoms with Crippen molar-refractivity contribution in [2.75, 3.05) is 11.9 Å². The van der Waals surface area contributed by atoms with Gasteiger partial charge in [-0.05, 0) is 49.6 Å². The first-order chi connectivity index (χ1) is 12.8. The number of aryl methyl sites for hydroxylation is 3. The van der Waals surface area contributed by atoms with E-state index < -0.39 is 17.6 Å². The molecule has 3 nitrogen and oxygen atoms in total. The Labute approximate surface area is 158 Å². The lowest BCUT2D eigenvalue weighted by molar-refractivity contribution is -0.137. The van der Waals surface area contributed by atoms with Crippen LogP contribution in [0.5, 0.6) is 0 Å². The molecule has 0 atom stereocenters. The third kappa shape index (κ3) is 4.74. The fourth-order valence-corrected chi connectivity index (χ4v) is 3.74. The number of alkyl halides is 3. The summed E-state index contributed by atoms with van der Waals surface area (Å²) in [7, 11) is 0. The number of aromatic nitrogens is 2. The molecular formula is C19H19F4N3S. The summed E-state index contributed by atoms with van der Waals surface area (Å²) in [6, 6.07) is 4.69. The summed E-state index contributed by atoms with van der Waals surface area (Å²) in [5.74, 6) is 0.606. The molecule has 0 saturated carbocycles. The maximum Gasteiger partial charge on any atom is 0.416 e. The third-order valence-electron chi connectivity index (χ3n) is 4.10. The van der Waals surface area contributed by atoms with Gasteiger partial charge in [-0.2, -0.15) is 13.2 Å². The Kier molecular flexibility index (Phi) is 5.64. The quantitative estimate of drug-likeness (QED) is 0.424. The first-order valence-corrected chi connectivity index (χ1v) is 9.45. The molecule has 0 saturated heterocycles. The number of halogens is 4. The van der Waals surface area contributed by atoms with Crippen LogP contribution in [-0.2, 0) is 19.0 Å². The van der Waals surface area contributed by atoms with E-state index in [9.17, 15) is 17.6 Å². The molecule has 3 aromatic rings. The van der Waals surface area contributed by atoms with Gasteiger partial charge in [0, 0.05) is 17.8 Å². The van der Waals surface area contributed by atoms with Gasteiger partial charge in [0.1, 0.15) is 22.3 Å². The summed E-state index contributed by atoms with van der Waals surface area (Å²) in [5.41, 5.74) is -0.623. The Balaban J connectivity index is 1.67. The second kappa shape index (κ2) is 7.80. The van der Waals surface area contributed by atoms with Gasteiger partial charge in [0.05, 0.1) is 10.9 Å². The molecule has 0 aliphatic carbocycles. The largest absolute Gasteiger partial charge is 0.416 e. The molecule has 0 unspecified atom stereocenters. The molecule has 1 N–H and O–H groups in total. The van der Waals surface area contributed by atoms with Crippen LogP contribution in [0.3, 0.4) is 0 Å². The molecule has 2 aromatic heterocycles. The molecule has 2 heterocycles. The van der Waals surface area contributed by atoms with Crippen molar-refractivity contribution in [1.82, 2.24) is 9.97 Å². The van der Waals surface area contributed by atoms with Crippen molar-refractivity contribution in [2.24, 2.45) is 0 Å². The minimum atomic E-state index is -4.55. The van der Waals surface area contributed by atoms with Crippen LogP contribution in [0.4, 0.5) is 23.4 Å². The van der Waals surface area contributed by atoms with Gasteiger partial charge in [0.15, 0.2) is 0 Å². The van der Waals surface area contributed by atoms with Crippen LogP contribution in [-0.4, -0.2) is 16.5 Å². The number of fused-ring (bicyclic) bond motifs is 1. The normalized spacial score (nSPS) is 11.9. The van der Waals surface area contributed by atoms with Gasteiger partial charge >= 0.3 is 6.18 Å². The van der Waals surface area contributed by atoms with Gasteiger partial charge < -0.3 is 5.32 Å². The van der Waals surface area contributed by atoms with Gasteiger partial charge in [-0.3, -0.25) is 0 Å². The highest BCUT2D eigenvalue weighted by molar-refractivity contribution is 7.18. The van der Waals surface area contributed by atoms with Gasteiger partial charge in [0.2, 0.25) is 0 Å². The van der Waals surface area contributed by atoms with Crippen molar-refractivity contribution in [3.05, 3.63) is 51.9 Å². The lowest BCUT2D eigenvalue weighted by Crippen LogP contribution is -2.09. The highest BCUT2D eigenvalue weighted by atomic mass is 32.1. The van der Waals surface area contributed by atoms with Crippen LogP contribution in [0.25, 0.3) is 10.2 Å². The van der Waals surface area contributed by atoms with Crippen molar-refractivity contribution in [3.8, 4) is 0 Å². The number of thiophene rings is 1. The minimum Gasteiger partial charge on any atom is -0.369 e. The zero-order valence-electron chi connectivity index (χ0n) is 15.0. The SMILES string of the molecule is CCc1nc(NCCCc2cc(F)cc(C(F)(F)F)c2)c2cc(C)sc2n1. The van der Waals surface area contributed by atoms with E-state index in [0.717, 1.165) is 38.9 Å². The van der Waals surface area contributed by atoms with E-state index in [4.69, 9.17) is 0 Å². The van der Waals surface area contributed by atoms with Crippen LogP contribution in [0.1, 0.15) is 35.2 Å². The maximum atomic E-state index is 13.5. The number of hydrogen-bond donors (Lipinski definition) is 1. The summed E-state index contributed by atoms with van der Waals surface area (Å²) in [6.45, 7) is 4.50. The highest BCUT2D eigenvalue weighted by Gasteiger charge is 2.31. The Morgan fingerprint density at radius 2 is 1.89 bits per heavy atom. The number of benzene rings is 1. The molecule has 8 heteroatoms. The van der Waals surface area contributed by atoms with Crippen LogP contribution in [0, 0.1) is 12.7 Å². The predicted octanol–water partition coefficient (Wildman–Crippen LogP) is 5.76. The highest BCUT2D eigenvalue weighted by Crippen LogP contribution is 2.31. The zero-order valence-corrected chi connectivity index (χ0v) is 15.8. The fourth-order valence-electron chi connectivity index (χ4n) is 2.84. The Morgan fingerprint density at radius 1 is 1.11 bits per heavy atom. The monoisotopic (exact) mass is 397 g/mol. The summed E-state index contributed by atoms with van der Waals surface area (Å²) < 4.78 is 51.8. The molecule has 144 valence electrons. The maximum absolute atomic E-state index is 13.5. The second-order valence-electron chi connectivity index (χ2n) is 6.29. The lowest BCUT2D eigenvalue weighted by Gasteiger charge is -2.11. The zero-order chi connectivity index (χ0) is 19.6. The Hall–Kier alpha value is -2.22. The topological polar surface area (TPSA) is 37.8 Å². The Morgan fingerprint density at radius 3 is 2.59 bits per heavy atom. The van der Waals surface area contributed by atoms with Gasteiger partial charge in [-0.25, -0.2) is 14.4 Å². The van der Waals surface area contributed by atoms with E-state index in [1.807, 2.05) is 19.9 Å². The van der Waals surface area contributed by atoms with E-state index in [0.29, 0.717) is 37.4 Å². The molecule has 0 fully saturated rings. The summed E-state index contributed by atoms with van der Waals surface area (Å²) in [6.07, 6.45) is -2.94. The molecular weight excluding hydrogens is 378 g/mol. The molecule has 0 spiro atoms. The van der Waals surface area contributed by atoms with Gasteiger partial charge in [-0.1, -0.05) is 6.92 Å². The van der Waals surface area contributed by atoms with E-state index in [1.165, 1.54) is 0 Å². The molecule has 0 bridgehead atoms. The van der Waals surface area contributed by atoms with Crippen LogP contribution in [0.2, 0.25) is 0 Å². The molecule has 3 rings (SSSR count). The minimum absolute atomic E-state index is 0.331. The summed E-state index contributed by atoms with van der Waals surface area (Å²) in [4.78, 5) is 11.1. The van der Waals surface area contributed by atoms with E-state index in [-0.39, 0.29) is 0 Å². The number of nitrogens with zero attached hydrogens (tertiary/aromatic N) is 2. The van der Waals surface area contributed by atoms with Crippen molar-refractivity contribution in [1.29, 1.82) is 0 Å². The van der Waals surface area contributed by atoms with Crippen molar-refractivity contribution in [2.45, 2.75) is 39.3 Å². The van der Waals surface area contributed by atoms with Crippen molar-refractivity contribution < 1.29 is 17.6 Å². The van der Waals surface area contributed by atoms with E-state index in [1.54, 1.807) is 11.3 Å². The predicted molar refractivity (Wildman–Crippen MR) is 99.7 cm³/mol. The number of nitrogens with one attached hydrogen (secondary N) is 1. The molecule has 27 heavy (non-hydrogen) atoms. The summed E-state index contributed by atoms with van der Waals surface area (Å²) in [5, 5.41) is 4.19. The van der Waals surface area contributed by atoms with E-state index >= 15 is 0 Å². The van der Waals surface area contributed by atoms with Crippen LogP contribution < -0.4 is 5.32 Å². The summed E-state index contributed by atoms with van der Waals surface area (Å²) >= 11 is 1.60. The number of rotatable bonds is 6. The third-order valence-corrected chi connectivity index (χ3v) is 5.04. The van der Waals surface area contributed by atoms with Crippen molar-refractivity contribution >= 4 is 27.4 Å². The molecule has 0 aliphatic heterocycles. The Bertz CT molecular complexity index is 950. The first-order valence-electron chi connectivity index (χ1n) is 8.64. The molecule has 0 aliphatic rings. The second-order valence-corrected chi connectivity index (χ2v) is 7.53. The molecule has 0 radical (unpaired) electrons. The number of anilines is 1. The fraction of sp³-hybridized carbons (Fsp3) is 0.368. The smallest absolute Gasteiger partial charge is 0.369 e. The average molecular weight is 397 g/mol. The van der Waals surface area contributed by atoms with Crippen LogP contribution in [0.15, 0.2) is 24.3 Å². The molecule has 0 amide bonds. The average Bonchev–Trinajstić information content (AvgIpc) is 2.97. The lowest BCUT2D eigenvalue weighted by atomic mass is 10.1. The first kappa shape index (κ1) is 19.5. The van der Waals surface area contributed by atoms with Crippen molar-refractivity contribution in [3.63, 3.8) is 0 Å². The van der Waals surface area contributed by atoms with E-state index in [2.05, 4.69) is 15.3 Å². The van der Waals surface area contributed by atoms with Gasteiger partial charge in [0.25, 0.3) is 0 Å². The van der Waals surface area contributed by atoms with Gasteiger partial charge in [-0.15, -0.1) is 11.3 Å². The number of hydrogen-bond acceptors (Lipinski definition) is 4. The molecule has 1 aromatic carbocycles.